The highest BCUT2D eigenvalue weighted by molar-refractivity contribution is 7.89. The number of nitro benzene ring substituents is 1. The lowest BCUT2D eigenvalue weighted by Gasteiger charge is -2.37. The van der Waals surface area contributed by atoms with E-state index in [4.69, 9.17) is 0 Å². The molecule has 0 unspecified atom stereocenters. The number of hydrogen-bond acceptors (Lipinski definition) is 4. The topological polar surface area (TPSA) is 85.0 Å². The second-order valence-corrected chi connectivity index (χ2v) is 9.47. The lowest BCUT2D eigenvalue weighted by molar-refractivity contribution is -0.932. The normalized spacial score (nSPS) is 30.6. The summed E-state index contributed by atoms with van der Waals surface area (Å²) in [6, 6.07) is 6.31. The van der Waals surface area contributed by atoms with Crippen molar-refractivity contribution in [3.63, 3.8) is 0 Å². The quantitative estimate of drug-likeness (QED) is 0.627. The molecule has 7 nitrogen and oxygen atoms in total. The Balaban J connectivity index is 1.48. The minimum Gasteiger partial charge on any atom is -0.330 e. The molecular weight excluding hydrogens is 342 g/mol. The molecule has 8 heteroatoms. The van der Waals surface area contributed by atoms with E-state index in [0.29, 0.717) is 19.1 Å². The van der Waals surface area contributed by atoms with E-state index in [1.165, 1.54) is 59.2 Å². The average Bonchev–Trinajstić information content (AvgIpc) is 3.25. The predicted octanol–water partition coefficient (Wildman–Crippen LogP) is 0.673. The van der Waals surface area contributed by atoms with Gasteiger partial charge in [0, 0.05) is 18.4 Å². The Hall–Kier alpha value is -1.51. The zero-order valence-corrected chi connectivity index (χ0v) is 15.0. The van der Waals surface area contributed by atoms with Crippen LogP contribution in [0.2, 0.25) is 0 Å². The fraction of sp³-hybridized carbons (Fsp3) is 0.647. The molecule has 0 aromatic heterocycles. The van der Waals surface area contributed by atoms with E-state index in [-0.39, 0.29) is 10.6 Å². The summed E-state index contributed by atoms with van der Waals surface area (Å²) in [5, 5.41) is 11.2. The van der Waals surface area contributed by atoms with Crippen molar-refractivity contribution in [3.05, 3.63) is 34.4 Å². The molecular formula is C17H24N3O4S+. The highest BCUT2D eigenvalue weighted by atomic mass is 32.2. The summed E-state index contributed by atoms with van der Waals surface area (Å²) in [7, 11) is -3.82. The number of nitro groups is 1. The Bertz CT molecular complexity index is 774. The van der Waals surface area contributed by atoms with Crippen LogP contribution in [-0.2, 0) is 10.0 Å². The molecule has 0 spiro atoms. The molecule has 2 aliphatic carbocycles. The summed E-state index contributed by atoms with van der Waals surface area (Å²) >= 11 is 0. The van der Waals surface area contributed by atoms with Crippen LogP contribution in [0.1, 0.15) is 25.7 Å². The second kappa shape index (κ2) is 6.34. The maximum atomic E-state index is 12.9. The van der Waals surface area contributed by atoms with Crippen molar-refractivity contribution in [2.45, 2.75) is 36.6 Å². The summed E-state index contributed by atoms with van der Waals surface area (Å²) in [6.45, 7) is 2.48. The molecule has 2 saturated carbocycles. The first kappa shape index (κ1) is 16.9. The summed E-state index contributed by atoms with van der Waals surface area (Å²) in [5.74, 6) is 1.70. The van der Waals surface area contributed by atoms with Gasteiger partial charge in [-0.1, -0.05) is 12.1 Å². The zero-order chi connectivity index (χ0) is 17.6. The van der Waals surface area contributed by atoms with Crippen LogP contribution in [-0.4, -0.2) is 49.9 Å². The molecule has 0 amide bonds. The Kier molecular flexibility index (Phi) is 4.29. The molecule has 3 aliphatic rings. The van der Waals surface area contributed by atoms with Gasteiger partial charge in [-0.15, -0.1) is 0 Å². The number of benzene rings is 1. The van der Waals surface area contributed by atoms with Crippen molar-refractivity contribution in [2.75, 3.05) is 26.2 Å². The molecule has 1 aromatic rings. The van der Waals surface area contributed by atoms with E-state index in [2.05, 4.69) is 0 Å². The smallest absolute Gasteiger partial charge is 0.289 e. The van der Waals surface area contributed by atoms with E-state index in [9.17, 15) is 18.5 Å². The van der Waals surface area contributed by atoms with E-state index < -0.39 is 14.9 Å². The van der Waals surface area contributed by atoms with Gasteiger partial charge in [-0.25, -0.2) is 8.42 Å². The largest absolute Gasteiger partial charge is 0.330 e. The lowest BCUT2D eigenvalue weighted by atomic mass is 9.93. The Morgan fingerprint density at radius 3 is 2.44 bits per heavy atom. The zero-order valence-electron chi connectivity index (χ0n) is 14.1. The molecule has 1 N–H and O–H groups in total. The van der Waals surface area contributed by atoms with Crippen LogP contribution in [0.25, 0.3) is 0 Å². The molecule has 136 valence electrons. The monoisotopic (exact) mass is 366 g/mol. The van der Waals surface area contributed by atoms with Gasteiger partial charge in [0.1, 0.15) is 0 Å². The van der Waals surface area contributed by atoms with Crippen LogP contribution in [0.4, 0.5) is 5.69 Å². The number of rotatable bonds is 4. The molecule has 3 fully saturated rings. The molecule has 0 radical (unpaired) electrons. The lowest BCUT2D eigenvalue weighted by Crippen LogP contribution is -3.18. The highest BCUT2D eigenvalue weighted by Gasteiger charge is 2.46. The second-order valence-electron chi connectivity index (χ2n) is 7.57. The molecule has 1 aliphatic heterocycles. The molecule has 4 rings (SSSR count). The minimum atomic E-state index is -3.82. The Morgan fingerprint density at radius 2 is 1.84 bits per heavy atom. The summed E-state index contributed by atoms with van der Waals surface area (Å²) in [4.78, 5) is 11.9. The Labute approximate surface area is 147 Å². The first-order valence-corrected chi connectivity index (χ1v) is 10.5. The van der Waals surface area contributed by atoms with Crippen molar-refractivity contribution < 1.29 is 18.2 Å². The highest BCUT2D eigenvalue weighted by Crippen LogP contribution is 2.43. The van der Waals surface area contributed by atoms with Gasteiger partial charge in [-0.2, -0.15) is 4.31 Å². The third kappa shape index (κ3) is 2.96. The van der Waals surface area contributed by atoms with Crippen molar-refractivity contribution >= 4 is 15.7 Å². The fourth-order valence-electron chi connectivity index (χ4n) is 5.09. The van der Waals surface area contributed by atoms with E-state index in [1.807, 2.05) is 0 Å². The first-order chi connectivity index (χ1) is 12.0. The summed E-state index contributed by atoms with van der Waals surface area (Å²) < 4.78 is 27.2. The van der Waals surface area contributed by atoms with Gasteiger partial charge in [0.15, 0.2) is 4.90 Å². The van der Waals surface area contributed by atoms with Crippen molar-refractivity contribution in [1.29, 1.82) is 0 Å². The van der Waals surface area contributed by atoms with Crippen LogP contribution in [0.5, 0.6) is 0 Å². The van der Waals surface area contributed by atoms with Crippen molar-refractivity contribution in [1.82, 2.24) is 4.31 Å². The minimum absolute atomic E-state index is 0.191. The molecule has 1 saturated heterocycles. The third-order valence-electron chi connectivity index (χ3n) is 6.31. The van der Waals surface area contributed by atoms with Gasteiger partial charge in [-0.3, -0.25) is 10.1 Å². The molecule has 2 bridgehead atoms. The summed E-state index contributed by atoms with van der Waals surface area (Å²) in [5.41, 5.74) is -0.342. The van der Waals surface area contributed by atoms with Crippen molar-refractivity contribution in [2.24, 2.45) is 11.8 Å². The number of sulfonamides is 1. The van der Waals surface area contributed by atoms with E-state index in [0.717, 1.165) is 24.9 Å². The first-order valence-electron chi connectivity index (χ1n) is 9.05. The van der Waals surface area contributed by atoms with Crippen LogP contribution in [0, 0.1) is 22.0 Å². The van der Waals surface area contributed by atoms with Gasteiger partial charge in [0.25, 0.3) is 5.69 Å². The molecule has 3 atom stereocenters. The number of para-hydroxylation sites is 1. The SMILES string of the molecule is O=[N+]([O-])c1ccccc1S(=O)(=O)N1CC[NH+]([C@H]2C[C@H]3CC[C@@H]2C3)CC1. The van der Waals surface area contributed by atoms with Crippen molar-refractivity contribution in [3.8, 4) is 0 Å². The fourth-order valence-corrected chi connectivity index (χ4v) is 6.69. The standard InChI is InChI=1S/C17H23N3O4S/c21-20(22)15-3-1-2-4-17(15)25(23,24)19-9-7-18(8-10-19)16-12-13-5-6-14(16)11-13/h1-4,13-14,16H,5-12H2/p+1/t13-,14+,16-/m0/s1. The number of quaternary nitrogens is 1. The van der Waals surface area contributed by atoms with E-state index in [1.54, 1.807) is 0 Å². The number of fused-ring (bicyclic) bond motifs is 2. The van der Waals surface area contributed by atoms with Crippen LogP contribution in [0.15, 0.2) is 29.2 Å². The molecule has 1 heterocycles. The molecule has 1 aromatic carbocycles. The van der Waals surface area contributed by atoms with Gasteiger partial charge in [-0.05, 0) is 31.2 Å². The van der Waals surface area contributed by atoms with Gasteiger partial charge >= 0.3 is 0 Å². The van der Waals surface area contributed by atoms with Crippen LogP contribution < -0.4 is 4.90 Å². The maximum Gasteiger partial charge on any atom is 0.289 e. The number of hydrogen-bond donors (Lipinski definition) is 1. The summed E-state index contributed by atoms with van der Waals surface area (Å²) in [6.07, 6.45) is 5.34. The van der Waals surface area contributed by atoms with Crippen LogP contribution in [0.3, 0.4) is 0 Å². The number of nitrogens with one attached hydrogen (secondary N) is 1. The Morgan fingerprint density at radius 1 is 1.12 bits per heavy atom. The molecule has 25 heavy (non-hydrogen) atoms. The third-order valence-corrected chi connectivity index (χ3v) is 8.25. The average molecular weight is 366 g/mol. The van der Waals surface area contributed by atoms with Crippen LogP contribution >= 0.6 is 0 Å². The van der Waals surface area contributed by atoms with E-state index >= 15 is 0 Å². The van der Waals surface area contributed by atoms with Gasteiger partial charge in [0.2, 0.25) is 10.0 Å². The van der Waals surface area contributed by atoms with Gasteiger partial charge in [0.05, 0.1) is 37.1 Å². The number of nitrogens with zero attached hydrogens (tertiary/aromatic N) is 2. The predicted molar refractivity (Wildman–Crippen MR) is 91.8 cm³/mol. The number of piperazine rings is 1. The van der Waals surface area contributed by atoms with Gasteiger partial charge < -0.3 is 4.90 Å². The maximum absolute atomic E-state index is 12.9.